The van der Waals surface area contributed by atoms with E-state index in [1.54, 1.807) is 24.3 Å². The minimum atomic E-state index is -0.971. The van der Waals surface area contributed by atoms with Crippen LogP contribution in [0, 0.1) is 5.92 Å². The molecule has 0 aliphatic heterocycles. The molecule has 0 radical (unpaired) electrons. The van der Waals surface area contributed by atoms with E-state index in [0.717, 1.165) is 31.6 Å². The summed E-state index contributed by atoms with van der Waals surface area (Å²) in [6.45, 7) is 4.57. The molecule has 1 aromatic heterocycles. The summed E-state index contributed by atoms with van der Waals surface area (Å²) in [4.78, 5) is 42.8. The van der Waals surface area contributed by atoms with Gasteiger partial charge in [0.2, 0.25) is 12.2 Å². The highest BCUT2D eigenvalue weighted by atomic mass is 32.2. The number of ketones is 1. The monoisotopic (exact) mass is 501 g/mol. The lowest BCUT2D eigenvalue weighted by molar-refractivity contribution is -0.130. The van der Waals surface area contributed by atoms with Crippen LogP contribution in [0.5, 0.6) is 0 Å². The van der Waals surface area contributed by atoms with Crippen molar-refractivity contribution < 1.29 is 18.8 Å². The van der Waals surface area contributed by atoms with Crippen molar-refractivity contribution >= 4 is 29.9 Å². The van der Waals surface area contributed by atoms with Crippen molar-refractivity contribution in [3.05, 3.63) is 41.8 Å². The van der Waals surface area contributed by atoms with Crippen molar-refractivity contribution in [2.75, 3.05) is 26.4 Å². The number of hydrogen-bond acceptors (Lipinski definition) is 8. The first-order valence-corrected chi connectivity index (χ1v) is 13.0. The van der Waals surface area contributed by atoms with Crippen molar-refractivity contribution in [1.29, 1.82) is 0 Å². The Morgan fingerprint density at radius 1 is 1.14 bits per heavy atom. The van der Waals surface area contributed by atoms with E-state index in [1.807, 2.05) is 38.9 Å². The standard InChI is InChI=1S/C25H35N5O4S/c1-18(2)20(21(32)23-27-28-24(34-23)35-16-15-29(3)4)30(17-31)25(13-9-6-10-14-25)26-22(33)19-11-7-5-8-12-19/h5,7-8,11-12,17-18,20H,6,9-10,13-16H2,1-4H3,(H,26,33)/t20-/m0/s1. The molecule has 0 saturated heterocycles. The summed E-state index contributed by atoms with van der Waals surface area (Å²) in [6, 6.07) is 8.04. The fraction of sp³-hybridized carbons (Fsp3) is 0.560. The Morgan fingerprint density at radius 2 is 1.83 bits per heavy atom. The zero-order valence-electron chi connectivity index (χ0n) is 20.9. The third kappa shape index (κ3) is 6.70. The van der Waals surface area contributed by atoms with Crippen LogP contribution in [0.4, 0.5) is 0 Å². The summed E-state index contributed by atoms with van der Waals surface area (Å²) in [6.07, 6.45) is 4.50. The van der Waals surface area contributed by atoms with E-state index in [4.69, 9.17) is 4.42 Å². The molecule has 1 aromatic carbocycles. The fourth-order valence-electron chi connectivity index (χ4n) is 4.45. The van der Waals surface area contributed by atoms with Crippen LogP contribution in [0.1, 0.15) is 67.0 Å². The summed E-state index contributed by atoms with van der Waals surface area (Å²) in [5.41, 5.74) is -0.465. The minimum absolute atomic E-state index is 0.122. The number of nitrogens with one attached hydrogen (secondary N) is 1. The molecule has 1 aliphatic carbocycles. The van der Waals surface area contributed by atoms with Gasteiger partial charge in [-0.25, -0.2) is 0 Å². The molecule has 0 bridgehead atoms. The van der Waals surface area contributed by atoms with E-state index in [0.29, 0.717) is 30.0 Å². The quantitative estimate of drug-likeness (QED) is 0.204. The average molecular weight is 502 g/mol. The lowest BCUT2D eigenvalue weighted by Gasteiger charge is -2.48. The van der Waals surface area contributed by atoms with Crippen molar-refractivity contribution in [2.24, 2.45) is 5.92 Å². The highest BCUT2D eigenvalue weighted by molar-refractivity contribution is 7.99. The lowest BCUT2D eigenvalue weighted by Crippen LogP contribution is -2.66. The first-order chi connectivity index (χ1) is 16.8. The van der Waals surface area contributed by atoms with Gasteiger partial charge in [-0.2, -0.15) is 0 Å². The maximum Gasteiger partial charge on any atom is 0.286 e. The molecule has 3 rings (SSSR count). The van der Waals surface area contributed by atoms with Crippen LogP contribution < -0.4 is 5.32 Å². The zero-order chi connectivity index (χ0) is 25.4. The Balaban J connectivity index is 1.87. The second-order valence-corrected chi connectivity index (χ2v) is 10.5. The van der Waals surface area contributed by atoms with Crippen molar-refractivity contribution in [1.82, 2.24) is 25.3 Å². The average Bonchev–Trinajstić information content (AvgIpc) is 3.31. The number of benzene rings is 1. The maximum absolute atomic E-state index is 13.6. The number of thioether (sulfide) groups is 1. The summed E-state index contributed by atoms with van der Waals surface area (Å²) in [7, 11) is 3.95. The molecule has 0 unspecified atom stereocenters. The number of amides is 2. The minimum Gasteiger partial charge on any atom is -0.408 e. The van der Waals surface area contributed by atoms with Gasteiger partial charge in [0.05, 0.1) is 0 Å². The molecule has 1 atom stereocenters. The van der Waals surface area contributed by atoms with E-state index in [9.17, 15) is 14.4 Å². The van der Waals surface area contributed by atoms with Gasteiger partial charge in [0.25, 0.3) is 17.0 Å². The fourth-order valence-corrected chi connectivity index (χ4v) is 5.32. The molecule has 1 saturated carbocycles. The van der Waals surface area contributed by atoms with Gasteiger partial charge < -0.3 is 19.5 Å². The van der Waals surface area contributed by atoms with E-state index in [-0.39, 0.29) is 17.7 Å². The molecule has 2 amide bonds. The van der Waals surface area contributed by atoms with Gasteiger partial charge in [-0.1, -0.05) is 50.2 Å². The first-order valence-electron chi connectivity index (χ1n) is 12.0. The number of hydrogen-bond donors (Lipinski definition) is 1. The van der Waals surface area contributed by atoms with Gasteiger partial charge in [0.1, 0.15) is 11.7 Å². The Kier molecular flexibility index (Phi) is 9.45. The number of nitrogens with zero attached hydrogens (tertiary/aromatic N) is 4. The number of carbonyl (C=O) groups is 3. The normalized spacial score (nSPS) is 16.2. The van der Waals surface area contributed by atoms with E-state index >= 15 is 0 Å². The molecule has 10 heteroatoms. The van der Waals surface area contributed by atoms with Crippen LogP contribution in [0.3, 0.4) is 0 Å². The zero-order valence-corrected chi connectivity index (χ0v) is 21.7. The van der Waals surface area contributed by atoms with E-state index in [2.05, 4.69) is 15.5 Å². The summed E-state index contributed by atoms with van der Waals surface area (Å²) < 4.78 is 5.67. The first kappa shape index (κ1) is 26.9. The van der Waals surface area contributed by atoms with Gasteiger partial charge in [-0.3, -0.25) is 14.4 Å². The summed E-state index contributed by atoms with van der Waals surface area (Å²) in [5, 5.41) is 11.4. The largest absolute Gasteiger partial charge is 0.408 e. The topological polar surface area (TPSA) is 109 Å². The second kappa shape index (κ2) is 12.3. The molecule has 2 aromatic rings. The van der Waals surface area contributed by atoms with Crippen LogP contribution in [-0.4, -0.2) is 76.2 Å². The van der Waals surface area contributed by atoms with Gasteiger partial charge in [-0.05, 0) is 57.8 Å². The third-order valence-corrected chi connectivity index (χ3v) is 7.05. The molecule has 1 N–H and O–H groups in total. The van der Waals surface area contributed by atoms with Crippen molar-refractivity contribution in [3.63, 3.8) is 0 Å². The second-order valence-electron chi connectivity index (χ2n) is 9.50. The lowest BCUT2D eigenvalue weighted by atomic mass is 9.84. The molecule has 0 spiro atoms. The van der Waals surface area contributed by atoms with Crippen LogP contribution >= 0.6 is 11.8 Å². The number of carbonyl (C=O) groups excluding carboxylic acids is 3. The summed E-state index contributed by atoms with van der Waals surface area (Å²) >= 11 is 1.38. The van der Waals surface area contributed by atoms with Crippen LogP contribution in [0.15, 0.2) is 40.0 Å². The molecule has 190 valence electrons. The predicted molar refractivity (Wildman–Crippen MR) is 134 cm³/mol. The Labute approximate surface area is 211 Å². The Morgan fingerprint density at radius 3 is 2.43 bits per heavy atom. The molecule has 1 fully saturated rings. The molecule has 35 heavy (non-hydrogen) atoms. The van der Waals surface area contributed by atoms with Gasteiger partial charge in [0.15, 0.2) is 0 Å². The summed E-state index contributed by atoms with van der Waals surface area (Å²) in [5.74, 6) is -0.310. The smallest absolute Gasteiger partial charge is 0.286 e. The number of aromatic nitrogens is 2. The van der Waals surface area contributed by atoms with Gasteiger partial charge in [0, 0.05) is 17.9 Å². The van der Waals surface area contributed by atoms with Crippen LogP contribution in [0.2, 0.25) is 0 Å². The van der Waals surface area contributed by atoms with Crippen LogP contribution in [0.25, 0.3) is 0 Å². The molecule has 1 heterocycles. The Hall–Kier alpha value is -2.72. The molecule has 9 nitrogen and oxygen atoms in total. The van der Waals surface area contributed by atoms with Crippen molar-refractivity contribution in [2.45, 2.75) is 62.9 Å². The molecular formula is C25H35N5O4S. The highest BCUT2D eigenvalue weighted by Gasteiger charge is 2.46. The predicted octanol–water partition coefficient (Wildman–Crippen LogP) is 3.48. The van der Waals surface area contributed by atoms with E-state index in [1.165, 1.54) is 16.7 Å². The highest BCUT2D eigenvalue weighted by Crippen LogP contribution is 2.35. The van der Waals surface area contributed by atoms with Gasteiger partial charge in [-0.15, -0.1) is 10.2 Å². The molecular weight excluding hydrogens is 466 g/mol. The number of Topliss-reactive ketones (excluding diaryl/α,β-unsaturated/α-hetero) is 1. The van der Waals surface area contributed by atoms with Crippen molar-refractivity contribution in [3.8, 4) is 0 Å². The van der Waals surface area contributed by atoms with Gasteiger partial charge >= 0.3 is 0 Å². The Bertz CT molecular complexity index is 989. The van der Waals surface area contributed by atoms with E-state index < -0.39 is 17.5 Å². The SMILES string of the molecule is CC(C)[C@@H](C(=O)c1nnc(SCCN(C)C)o1)N(C=O)C1(NC(=O)c2ccccc2)CCCCC1. The maximum atomic E-state index is 13.6. The number of rotatable bonds is 12. The molecule has 1 aliphatic rings. The van der Waals surface area contributed by atoms with Crippen LogP contribution in [-0.2, 0) is 4.79 Å². The third-order valence-electron chi connectivity index (χ3n) is 6.25.